The Labute approximate surface area is 134 Å². The van der Waals surface area contributed by atoms with Crippen molar-refractivity contribution in [2.24, 2.45) is 0 Å². The fraction of sp³-hybridized carbons (Fsp3) is 0.0526. The topological polar surface area (TPSA) is 55.1 Å². The van der Waals surface area contributed by atoms with Gasteiger partial charge in [0.25, 0.3) is 0 Å². The summed E-state index contributed by atoms with van der Waals surface area (Å²) < 4.78 is 1.66. The highest BCUT2D eigenvalue weighted by molar-refractivity contribution is 5.94. The molecule has 0 atom stereocenters. The highest BCUT2D eigenvalue weighted by atomic mass is 16.4. The second-order valence-electron chi connectivity index (χ2n) is 5.14. The third-order valence-corrected chi connectivity index (χ3v) is 3.59. The summed E-state index contributed by atoms with van der Waals surface area (Å²) in [6.07, 6.45) is 3.61. The van der Waals surface area contributed by atoms with Crippen molar-refractivity contribution in [1.29, 1.82) is 0 Å². The lowest BCUT2D eigenvalue weighted by Crippen LogP contribution is -2.02. The summed E-state index contributed by atoms with van der Waals surface area (Å²) in [5.74, 6) is -0.975. The van der Waals surface area contributed by atoms with Gasteiger partial charge in [0.05, 0.1) is 11.4 Å². The first-order valence-corrected chi connectivity index (χ1v) is 7.28. The number of aromatic nitrogens is 2. The smallest absolute Gasteiger partial charge is 0.339 e. The number of carboxylic acid groups (broad SMARTS) is 1. The van der Waals surface area contributed by atoms with Crippen LogP contribution in [0.1, 0.15) is 27.3 Å². The fourth-order valence-corrected chi connectivity index (χ4v) is 2.46. The quantitative estimate of drug-likeness (QED) is 0.791. The van der Waals surface area contributed by atoms with E-state index >= 15 is 0 Å². The SMILES string of the molecule is Cc1c(C(=O)O)c(C=Cc2ccccc2)nn1-c1ccccc1. The summed E-state index contributed by atoms with van der Waals surface area (Å²) in [4.78, 5) is 11.6. The number of para-hydroxylation sites is 1. The molecule has 4 nitrogen and oxygen atoms in total. The van der Waals surface area contributed by atoms with E-state index in [2.05, 4.69) is 5.10 Å². The Morgan fingerprint density at radius 1 is 1.00 bits per heavy atom. The van der Waals surface area contributed by atoms with E-state index in [9.17, 15) is 9.90 Å². The fourth-order valence-electron chi connectivity index (χ4n) is 2.46. The molecule has 0 aliphatic heterocycles. The number of aromatic carboxylic acids is 1. The number of carbonyl (C=O) groups is 1. The van der Waals surface area contributed by atoms with E-state index < -0.39 is 5.97 Å². The van der Waals surface area contributed by atoms with Crippen molar-refractivity contribution in [2.45, 2.75) is 6.92 Å². The minimum atomic E-state index is -0.975. The standard InChI is InChI=1S/C19H16N2O2/c1-14-18(19(22)23)17(13-12-15-8-4-2-5-9-15)20-21(14)16-10-6-3-7-11-16/h2-13H,1H3,(H,22,23). The molecule has 4 heteroatoms. The predicted octanol–water partition coefficient (Wildman–Crippen LogP) is 4.05. The summed E-state index contributed by atoms with van der Waals surface area (Å²) in [6, 6.07) is 19.2. The van der Waals surface area contributed by atoms with Crippen molar-refractivity contribution in [1.82, 2.24) is 9.78 Å². The first-order chi connectivity index (χ1) is 11.2. The second-order valence-corrected chi connectivity index (χ2v) is 5.14. The van der Waals surface area contributed by atoms with Crippen LogP contribution in [0.2, 0.25) is 0 Å². The van der Waals surface area contributed by atoms with Gasteiger partial charge in [0.1, 0.15) is 11.3 Å². The molecule has 0 radical (unpaired) electrons. The van der Waals surface area contributed by atoms with Crippen LogP contribution in [-0.4, -0.2) is 20.9 Å². The molecule has 23 heavy (non-hydrogen) atoms. The molecule has 2 aromatic carbocycles. The van der Waals surface area contributed by atoms with Crippen molar-refractivity contribution in [3.05, 3.63) is 83.2 Å². The van der Waals surface area contributed by atoms with E-state index in [1.807, 2.05) is 66.7 Å². The molecule has 0 unspecified atom stereocenters. The van der Waals surface area contributed by atoms with Crippen molar-refractivity contribution < 1.29 is 9.90 Å². The molecule has 0 aliphatic rings. The lowest BCUT2D eigenvalue weighted by atomic mass is 10.1. The van der Waals surface area contributed by atoms with Crippen molar-refractivity contribution in [3.63, 3.8) is 0 Å². The van der Waals surface area contributed by atoms with Crippen LogP contribution in [0, 0.1) is 6.92 Å². The largest absolute Gasteiger partial charge is 0.478 e. The zero-order valence-electron chi connectivity index (χ0n) is 12.7. The van der Waals surface area contributed by atoms with Crippen LogP contribution in [0.25, 0.3) is 17.8 Å². The van der Waals surface area contributed by atoms with Crippen molar-refractivity contribution >= 4 is 18.1 Å². The van der Waals surface area contributed by atoms with E-state index in [0.29, 0.717) is 11.4 Å². The van der Waals surface area contributed by atoms with Gasteiger partial charge in [0.15, 0.2) is 0 Å². The number of hydrogen-bond donors (Lipinski definition) is 1. The maximum Gasteiger partial charge on any atom is 0.339 e. The third-order valence-electron chi connectivity index (χ3n) is 3.59. The highest BCUT2D eigenvalue weighted by Crippen LogP contribution is 2.20. The number of nitrogens with zero attached hydrogens (tertiary/aromatic N) is 2. The molecule has 0 fully saturated rings. The van der Waals surface area contributed by atoms with Crippen LogP contribution in [0.3, 0.4) is 0 Å². The van der Waals surface area contributed by atoms with Gasteiger partial charge in [0, 0.05) is 0 Å². The van der Waals surface area contributed by atoms with Crippen LogP contribution in [0.5, 0.6) is 0 Å². The summed E-state index contributed by atoms with van der Waals surface area (Å²) in [6.45, 7) is 1.77. The van der Waals surface area contributed by atoms with Gasteiger partial charge in [-0.05, 0) is 30.7 Å². The zero-order chi connectivity index (χ0) is 16.2. The Bertz CT molecular complexity index is 850. The predicted molar refractivity (Wildman–Crippen MR) is 90.6 cm³/mol. The number of benzene rings is 2. The summed E-state index contributed by atoms with van der Waals surface area (Å²) in [7, 11) is 0. The van der Waals surface area contributed by atoms with Crippen LogP contribution < -0.4 is 0 Å². The van der Waals surface area contributed by atoms with Gasteiger partial charge in [-0.2, -0.15) is 5.10 Å². The van der Waals surface area contributed by atoms with Gasteiger partial charge in [-0.25, -0.2) is 9.48 Å². The minimum absolute atomic E-state index is 0.223. The number of hydrogen-bond acceptors (Lipinski definition) is 2. The molecule has 3 aromatic rings. The van der Waals surface area contributed by atoms with E-state index in [-0.39, 0.29) is 5.56 Å². The summed E-state index contributed by atoms with van der Waals surface area (Å²) >= 11 is 0. The van der Waals surface area contributed by atoms with E-state index in [1.54, 1.807) is 17.7 Å². The summed E-state index contributed by atoms with van der Waals surface area (Å²) in [5.41, 5.74) is 3.11. The maximum atomic E-state index is 11.6. The Hall–Kier alpha value is -3.14. The summed E-state index contributed by atoms with van der Waals surface area (Å²) in [5, 5.41) is 14.0. The average molecular weight is 304 g/mol. The molecule has 114 valence electrons. The van der Waals surface area contributed by atoms with E-state index in [0.717, 1.165) is 11.3 Å². The van der Waals surface area contributed by atoms with E-state index in [4.69, 9.17) is 0 Å². The first-order valence-electron chi connectivity index (χ1n) is 7.28. The Kier molecular flexibility index (Phi) is 4.06. The Balaban J connectivity index is 2.06. The minimum Gasteiger partial charge on any atom is -0.478 e. The molecule has 0 aliphatic carbocycles. The highest BCUT2D eigenvalue weighted by Gasteiger charge is 2.19. The van der Waals surface area contributed by atoms with Crippen LogP contribution in [-0.2, 0) is 0 Å². The maximum absolute atomic E-state index is 11.6. The average Bonchev–Trinajstić information content (AvgIpc) is 2.91. The molecule has 0 spiro atoms. The second kappa shape index (κ2) is 6.32. The molecule has 3 rings (SSSR count). The number of rotatable bonds is 4. The first kappa shape index (κ1) is 14.8. The zero-order valence-corrected chi connectivity index (χ0v) is 12.7. The monoisotopic (exact) mass is 304 g/mol. The molecule has 0 amide bonds. The lowest BCUT2D eigenvalue weighted by Gasteiger charge is -2.03. The van der Waals surface area contributed by atoms with E-state index in [1.165, 1.54) is 0 Å². The lowest BCUT2D eigenvalue weighted by molar-refractivity contribution is 0.0696. The van der Waals surface area contributed by atoms with Gasteiger partial charge in [-0.3, -0.25) is 0 Å². The molecule has 1 N–H and O–H groups in total. The van der Waals surface area contributed by atoms with Crippen LogP contribution in [0.4, 0.5) is 0 Å². The van der Waals surface area contributed by atoms with Gasteiger partial charge in [0.2, 0.25) is 0 Å². The van der Waals surface area contributed by atoms with Crippen LogP contribution in [0.15, 0.2) is 60.7 Å². The van der Waals surface area contributed by atoms with Crippen LogP contribution >= 0.6 is 0 Å². The van der Waals surface area contributed by atoms with Gasteiger partial charge in [-0.15, -0.1) is 0 Å². The molecular weight excluding hydrogens is 288 g/mol. The van der Waals surface area contributed by atoms with Gasteiger partial charge >= 0.3 is 5.97 Å². The normalized spacial score (nSPS) is 11.0. The molecule has 0 saturated carbocycles. The molecular formula is C19H16N2O2. The molecule has 0 saturated heterocycles. The van der Waals surface area contributed by atoms with Crippen molar-refractivity contribution in [3.8, 4) is 5.69 Å². The molecule has 0 bridgehead atoms. The Morgan fingerprint density at radius 2 is 1.61 bits per heavy atom. The Morgan fingerprint density at radius 3 is 2.22 bits per heavy atom. The molecule has 1 aromatic heterocycles. The third kappa shape index (κ3) is 3.06. The van der Waals surface area contributed by atoms with Gasteiger partial charge < -0.3 is 5.11 Å². The van der Waals surface area contributed by atoms with Gasteiger partial charge in [-0.1, -0.05) is 54.6 Å². The number of carboxylic acids is 1. The van der Waals surface area contributed by atoms with Crippen molar-refractivity contribution in [2.75, 3.05) is 0 Å². The molecule has 1 heterocycles.